The van der Waals surface area contributed by atoms with Crippen LogP contribution in [-0.2, 0) is 6.54 Å². The van der Waals surface area contributed by atoms with E-state index in [1.165, 1.54) is 17.3 Å². The Bertz CT molecular complexity index is 1120. The van der Waals surface area contributed by atoms with Gasteiger partial charge in [0.2, 0.25) is 0 Å². The number of hydrogen-bond donors (Lipinski definition) is 0. The van der Waals surface area contributed by atoms with E-state index in [1.807, 2.05) is 60.9 Å². The number of rotatable bonds is 7. The number of benzene rings is 1. The normalized spacial score (nSPS) is 11.0. The van der Waals surface area contributed by atoms with Crippen LogP contribution in [0, 0.1) is 13.8 Å². The van der Waals surface area contributed by atoms with Crippen LogP contribution in [0.4, 0.5) is 0 Å². The van der Waals surface area contributed by atoms with Gasteiger partial charge in [-0.05, 0) is 55.3 Å². The summed E-state index contributed by atoms with van der Waals surface area (Å²) in [6, 6.07) is 13.3. The number of carbonyl (C=O) groups excluding carboxylic acids is 1. The second-order valence-corrected chi connectivity index (χ2v) is 7.67. The first-order chi connectivity index (χ1) is 14.1. The van der Waals surface area contributed by atoms with E-state index in [2.05, 4.69) is 15.2 Å². The molecule has 0 saturated carbocycles. The fourth-order valence-corrected chi connectivity index (χ4v) is 3.77. The molecule has 0 amide bonds. The summed E-state index contributed by atoms with van der Waals surface area (Å²) < 4.78 is 7.46. The SMILES string of the molecule is Cc1ccc(C(=O)CSc2nnc(-c3cccnc3)n2Cc2ccco2)cc1C. The molecule has 29 heavy (non-hydrogen) atoms. The molecule has 4 rings (SSSR count). The lowest BCUT2D eigenvalue weighted by molar-refractivity contribution is 0.102. The van der Waals surface area contributed by atoms with Crippen LogP contribution < -0.4 is 0 Å². The third-order valence-electron chi connectivity index (χ3n) is 4.69. The van der Waals surface area contributed by atoms with Crippen molar-refractivity contribution in [3.63, 3.8) is 0 Å². The lowest BCUT2D eigenvalue weighted by Crippen LogP contribution is -2.07. The van der Waals surface area contributed by atoms with Gasteiger partial charge < -0.3 is 4.42 Å². The largest absolute Gasteiger partial charge is 0.467 e. The lowest BCUT2D eigenvalue weighted by atomic mass is 10.0. The molecule has 146 valence electrons. The Balaban J connectivity index is 1.58. The summed E-state index contributed by atoms with van der Waals surface area (Å²) >= 11 is 1.38. The van der Waals surface area contributed by atoms with Crippen LogP contribution in [0.2, 0.25) is 0 Å². The number of pyridine rings is 1. The Hall–Kier alpha value is -3.19. The molecule has 0 aliphatic heterocycles. The highest BCUT2D eigenvalue weighted by atomic mass is 32.2. The highest BCUT2D eigenvalue weighted by Crippen LogP contribution is 2.25. The summed E-state index contributed by atoms with van der Waals surface area (Å²) in [5.74, 6) is 1.83. The molecule has 0 bridgehead atoms. The average molecular weight is 404 g/mol. The van der Waals surface area contributed by atoms with Crippen LogP contribution in [0.15, 0.2) is 70.7 Å². The first-order valence-corrected chi connectivity index (χ1v) is 10.2. The Morgan fingerprint density at radius 3 is 2.72 bits per heavy atom. The molecular formula is C22H20N4O2S. The monoisotopic (exact) mass is 404 g/mol. The first kappa shape index (κ1) is 19.1. The van der Waals surface area contributed by atoms with E-state index in [0.29, 0.717) is 23.1 Å². The van der Waals surface area contributed by atoms with Gasteiger partial charge in [0.05, 0.1) is 18.6 Å². The number of ketones is 1. The fourth-order valence-electron chi connectivity index (χ4n) is 2.93. The fraction of sp³-hybridized carbons (Fsp3) is 0.182. The predicted octanol–water partition coefficient (Wildman–Crippen LogP) is 4.57. The molecule has 0 aliphatic carbocycles. The van der Waals surface area contributed by atoms with E-state index in [4.69, 9.17) is 4.42 Å². The van der Waals surface area contributed by atoms with Crippen LogP contribution in [0.3, 0.4) is 0 Å². The molecule has 0 radical (unpaired) electrons. The minimum absolute atomic E-state index is 0.0635. The number of aryl methyl sites for hydroxylation is 2. The molecular weight excluding hydrogens is 384 g/mol. The molecule has 7 heteroatoms. The van der Waals surface area contributed by atoms with Crippen molar-refractivity contribution in [2.75, 3.05) is 5.75 Å². The molecule has 0 fully saturated rings. The van der Waals surface area contributed by atoms with E-state index in [0.717, 1.165) is 16.9 Å². The Kier molecular flexibility index (Phi) is 5.57. The topological polar surface area (TPSA) is 73.8 Å². The first-order valence-electron chi connectivity index (χ1n) is 9.21. The number of carbonyl (C=O) groups is 1. The average Bonchev–Trinajstić information content (AvgIpc) is 3.39. The molecule has 3 aromatic heterocycles. The van der Waals surface area contributed by atoms with Gasteiger partial charge in [-0.3, -0.25) is 14.3 Å². The zero-order chi connectivity index (χ0) is 20.2. The van der Waals surface area contributed by atoms with Gasteiger partial charge in [0, 0.05) is 23.5 Å². The van der Waals surface area contributed by atoms with Crippen molar-refractivity contribution in [3.05, 3.63) is 83.6 Å². The lowest BCUT2D eigenvalue weighted by Gasteiger charge is -2.09. The maximum Gasteiger partial charge on any atom is 0.192 e. The van der Waals surface area contributed by atoms with E-state index in [1.54, 1.807) is 18.7 Å². The number of aromatic nitrogens is 4. The van der Waals surface area contributed by atoms with Gasteiger partial charge >= 0.3 is 0 Å². The van der Waals surface area contributed by atoms with Gasteiger partial charge in [0.15, 0.2) is 16.8 Å². The molecule has 0 unspecified atom stereocenters. The molecule has 0 spiro atoms. The smallest absolute Gasteiger partial charge is 0.192 e. The Morgan fingerprint density at radius 1 is 1.10 bits per heavy atom. The zero-order valence-corrected chi connectivity index (χ0v) is 17.0. The Labute approximate surface area is 173 Å². The summed E-state index contributed by atoms with van der Waals surface area (Å²) in [6.45, 7) is 4.53. The minimum atomic E-state index is 0.0635. The van der Waals surface area contributed by atoms with Crippen LogP contribution in [0.5, 0.6) is 0 Å². The molecule has 0 N–H and O–H groups in total. The van der Waals surface area contributed by atoms with Crippen molar-refractivity contribution in [2.24, 2.45) is 0 Å². The van der Waals surface area contributed by atoms with E-state index >= 15 is 0 Å². The maximum atomic E-state index is 12.7. The number of hydrogen-bond acceptors (Lipinski definition) is 6. The number of nitrogens with zero attached hydrogens (tertiary/aromatic N) is 4. The second kappa shape index (κ2) is 8.45. The van der Waals surface area contributed by atoms with Crippen molar-refractivity contribution in [1.29, 1.82) is 0 Å². The van der Waals surface area contributed by atoms with Crippen LogP contribution >= 0.6 is 11.8 Å². The minimum Gasteiger partial charge on any atom is -0.467 e. The summed E-state index contributed by atoms with van der Waals surface area (Å²) in [5, 5.41) is 9.33. The third kappa shape index (κ3) is 4.30. The zero-order valence-electron chi connectivity index (χ0n) is 16.2. The summed E-state index contributed by atoms with van der Waals surface area (Å²) in [5.41, 5.74) is 3.86. The summed E-state index contributed by atoms with van der Waals surface area (Å²) in [6.07, 6.45) is 5.10. The van der Waals surface area contributed by atoms with Gasteiger partial charge in [-0.2, -0.15) is 0 Å². The highest BCUT2D eigenvalue weighted by molar-refractivity contribution is 7.99. The predicted molar refractivity (Wildman–Crippen MR) is 112 cm³/mol. The van der Waals surface area contributed by atoms with E-state index in [9.17, 15) is 4.79 Å². The van der Waals surface area contributed by atoms with Gasteiger partial charge in [-0.1, -0.05) is 23.9 Å². The van der Waals surface area contributed by atoms with Crippen molar-refractivity contribution >= 4 is 17.5 Å². The van der Waals surface area contributed by atoms with Crippen molar-refractivity contribution in [2.45, 2.75) is 25.5 Å². The third-order valence-corrected chi connectivity index (χ3v) is 5.66. The molecule has 0 atom stereocenters. The molecule has 0 saturated heterocycles. The number of furan rings is 1. The van der Waals surface area contributed by atoms with Crippen molar-refractivity contribution in [3.8, 4) is 11.4 Å². The molecule has 1 aromatic carbocycles. The molecule has 4 aromatic rings. The van der Waals surface area contributed by atoms with Crippen molar-refractivity contribution < 1.29 is 9.21 Å². The number of Topliss-reactive ketones (excluding diaryl/α,β-unsaturated/α-hetero) is 1. The van der Waals surface area contributed by atoms with Crippen LogP contribution in [-0.4, -0.2) is 31.3 Å². The van der Waals surface area contributed by atoms with Crippen molar-refractivity contribution in [1.82, 2.24) is 19.7 Å². The molecule has 0 aliphatic rings. The quantitative estimate of drug-likeness (QED) is 0.332. The summed E-state index contributed by atoms with van der Waals surface area (Å²) in [7, 11) is 0. The standard InChI is InChI=1S/C22H20N4O2S/c1-15-7-8-17(11-16(15)2)20(27)14-29-22-25-24-21(18-5-3-9-23-12-18)26(22)13-19-6-4-10-28-19/h3-12H,13-14H2,1-2H3. The Morgan fingerprint density at radius 2 is 2.00 bits per heavy atom. The maximum absolute atomic E-state index is 12.7. The van der Waals surface area contributed by atoms with Gasteiger partial charge in [-0.25, -0.2) is 0 Å². The van der Waals surface area contributed by atoms with Crippen LogP contribution in [0.25, 0.3) is 11.4 Å². The van der Waals surface area contributed by atoms with E-state index < -0.39 is 0 Å². The van der Waals surface area contributed by atoms with Gasteiger partial charge in [0.1, 0.15) is 5.76 Å². The molecule has 6 nitrogen and oxygen atoms in total. The van der Waals surface area contributed by atoms with Gasteiger partial charge in [-0.15, -0.1) is 10.2 Å². The second-order valence-electron chi connectivity index (χ2n) is 6.72. The van der Waals surface area contributed by atoms with Gasteiger partial charge in [0.25, 0.3) is 0 Å². The summed E-state index contributed by atoms with van der Waals surface area (Å²) in [4.78, 5) is 16.9. The highest BCUT2D eigenvalue weighted by Gasteiger charge is 2.17. The van der Waals surface area contributed by atoms with E-state index in [-0.39, 0.29) is 11.5 Å². The van der Waals surface area contributed by atoms with Crippen LogP contribution in [0.1, 0.15) is 27.2 Å². The number of thioether (sulfide) groups is 1. The molecule has 3 heterocycles.